The second kappa shape index (κ2) is 6.13. The first-order valence-corrected chi connectivity index (χ1v) is 7.46. The Balaban J connectivity index is 2.03. The molecule has 1 aromatic rings. The number of halogens is 1. The van der Waals surface area contributed by atoms with Gasteiger partial charge in [-0.2, -0.15) is 0 Å². The van der Waals surface area contributed by atoms with Crippen molar-refractivity contribution in [1.82, 2.24) is 5.32 Å². The molecule has 1 aliphatic carbocycles. The molecule has 1 saturated carbocycles. The Kier molecular flexibility index (Phi) is 4.69. The lowest BCUT2D eigenvalue weighted by molar-refractivity contribution is 0.230. The van der Waals surface area contributed by atoms with Gasteiger partial charge in [-0.15, -0.1) is 0 Å². The van der Waals surface area contributed by atoms with E-state index in [0.717, 1.165) is 18.5 Å². The zero-order valence-electron chi connectivity index (χ0n) is 13.0. The van der Waals surface area contributed by atoms with Crippen LogP contribution >= 0.6 is 0 Å². The van der Waals surface area contributed by atoms with E-state index in [0.29, 0.717) is 17.7 Å². The fourth-order valence-corrected chi connectivity index (χ4v) is 2.40. The van der Waals surface area contributed by atoms with Crippen LogP contribution in [0.1, 0.15) is 39.2 Å². The van der Waals surface area contributed by atoms with Crippen molar-refractivity contribution in [3.05, 3.63) is 29.6 Å². The molecule has 1 fully saturated rings. The molecule has 0 saturated heterocycles. The molecule has 1 aromatic carbocycles. The summed E-state index contributed by atoms with van der Waals surface area (Å²) in [4.78, 5) is 0. The highest BCUT2D eigenvalue weighted by atomic mass is 19.1. The van der Waals surface area contributed by atoms with Crippen LogP contribution in [-0.2, 0) is 6.42 Å². The van der Waals surface area contributed by atoms with Crippen LogP contribution in [0, 0.1) is 17.2 Å². The van der Waals surface area contributed by atoms with Crippen molar-refractivity contribution in [2.24, 2.45) is 11.3 Å². The third-order valence-electron chi connectivity index (χ3n) is 4.15. The number of hydrogen-bond acceptors (Lipinski definition) is 2. The van der Waals surface area contributed by atoms with E-state index in [1.807, 2.05) is 6.07 Å². The number of benzene rings is 1. The molecule has 1 atom stereocenters. The van der Waals surface area contributed by atoms with E-state index in [-0.39, 0.29) is 11.2 Å². The normalized spacial score (nSPS) is 17.1. The summed E-state index contributed by atoms with van der Waals surface area (Å²) in [6.45, 7) is 7.77. The minimum atomic E-state index is -0.271. The predicted octanol–water partition coefficient (Wildman–Crippen LogP) is 3.79. The molecule has 0 heterocycles. The SMILES string of the molecule is COc1ccc(CC(CNC2CC2)C(C)(C)C)cc1F. The van der Waals surface area contributed by atoms with E-state index >= 15 is 0 Å². The first kappa shape index (κ1) is 15.3. The molecule has 0 spiro atoms. The van der Waals surface area contributed by atoms with Gasteiger partial charge in [0.05, 0.1) is 7.11 Å². The van der Waals surface area contributed by atoms with E-state index in [4.69, 9.17) is 4.74 Å². The predicted molar refractivity (Wildman–Crippen MR) is 80.6 cm³/mol. The van der Waals surface area contributed by atoms with Gasteiger partial charge >= 0.3 is 0 Å². The Labute approximate surface area is 121 Å². The Morgan fingerprint density at radius 2 is 2.05 bits per heavy atom. The number of rotatable bonds is 6. The maximum atomic E-state index is 13.8. The molecular formula is C17H26FNO. The van der Waals surface area contributed by atoms with Crippen LogP contribution < -0.4 is 10.1 Å². The molecule has 2 nitrogen and oxygen atoms in total. The Morgan fingerprint density at radius 3 is 2.55 bits per heavy atom. The van der Waals surface area contributed by atoms with Gasteiger partial charge in [0.15, 0.2) is 11.6 Å². The molecular weight excluding hydrogens is 253 g/mol. The monoisotopic (exact) mass is 279 g/mol. The van der Waals surface area contributed by atoms with Crippen molar-refractivity contribution in [1.29, 1.82) is 0 Å². The van der Waals surface area contributed by atoms with E-state index in [9.17, 15) is 4.39 Å². The maximum absolute atomic E-state index is 13.8. The van der Waals surface area contributed by atoms with Crippen LogP contribution in [0.25, 0.3) is 0 Å². The summed E-state index contributed by atoms with van der Waals surface area (Å²) in [6.07, 6.45) is 3.49. The first-order valence-electron chi connectivity index (χ1n) is 7.46. The van der Waals surface area contributed by atoms with Gasteiger partial charge in [-0.25, -0.2) is 4.39 Å². The number of ether oxygens (including phenoxy) is 1. The molecule has 112 valence electrons. The highest BCUT2D eigenvalue weighted by Crippen LogP contribution is 2.31. The van der Waals surface area contributed by atoms with E-state index in [2.05, 4.69) is 26.1 Å². The van der Waals surface area contributed by atoms with Gasteiger partial charge in [0.2, 0.25) is 0 Å². The highest BCUT2D eigenvalue weighted by Gasteiger charge is 2.28. The second-order valence-corrected chi connectivity index (χ2v) is 6.92. The van der Waals surface area contributed by atoms with Crippen molar-refractivity contribution < 1.29 is 9.13 Å². The van der Waals surface area contributed by atoms with Gasteiger partial charge in [0, 0.05) is 6.04 Å². The minimum absolute atomic E-state index is 0.207. The van der Waals surface area contributed by atoms with Crippen LogP contribution in [0.2, 0.25) is 0 Å². The van der Waals surface area contributed by atoms with Crippen molar-refractivity contribution in [3.63, 3.8) is 0 Å². The van der Waals surface area contributed by atoms with Crippen molar-refractivity contribution >= 4 is 0 Å². The Hall–Kier alpha value is -1.09. The molecule has 2 rings (SSSR count). The van der Waals surface area contributed by atoms with Gasteiger partial charge in [0.1, 0.15) is 0 Å². The summed E-state index contributed by atoms with van der Waals surface area (Å²) in [6, 6.07) is 6.01. The van der Waals surface area contributed by atoms with Crippen LogP contribution in [0.3, 0.4) is 0 Å². The molecule has 1 aliphatic rings. The van der Waals surface area contributed by atoms with Gasteiger partial charge < -0.3 is 10.1 Å². The fraction of sp³-hybridized carbons (Fsp3) is 0.647. The quantitative estimate of drug-likeness (QED) is 0.855. The lowest BCUT2D eigenvalue weighted by Crippen LogP contribution is -2.34. The molecule has 0 amide bonds. The average molecular weight is 279 g/mol. The Bertz CT molecular complexity index is 449. The standard InChI is InChI=1S/C17H26FNO/c1-17(2,3)13(11-19-14-6-7-14)9-12-5-8-16(20-4)15(18)10-12/h5,8,10,13-14,19H,6-7,9,11H2,1-4H3. The summed E-state index contributed by atoms with van der Waals surface area (Å²) in [7, 11) is 1.50. The zero-order valence-corrected chi connectivity index (χ0v) is 13.0. The highest BCUT2D eigenvalue weighted by molar-refractivity contribution is 5.29. The van der Waals surface area contributed by atoms with Gasteiger partial charge in [0.25, 0.3) is 0 Å². The number of nitrogens with one attached hydrogen (secondary N) is 1. The lowest BCUT2D eigenvalue weighted by Gasteiger charge is -2.31. The first-order chi connectivity index (χ1) is 9.40. The van der Waals surface area contributed by atoms with Crippen molar-refractivity contribution in [3.8, 4) is 5.75 Å². The average Bonchev–Trinajstić information content (AvgIpc) is 3.17. The number of methoxy groups -OCH3 is 1. The molecule has 20 heavy (non-hydrogen) atoms. The zero-order chi connectivity index (χ0) is 14.8. The van der Waals surface area contributed by atoms with Gasteiger partial charge in [-0.05, 0) is 54.8 Å². The topological polar surface area (TPSA) is 21.3 Å². The third kappa shape index (κ3) is 4.20. The smallest absolute Gasteiger partial charge is 0.165 e. The molecule has 0 bridgehead atoms. The van der Waals surface area contributed by atoms with Crippen molar-refractivity contribution in [2.75, 3.05) is 13.7 Å². The molecule has 1 N–H and O–H groups in total. The summed E-state index contributed by atoms with van der Waals surface area (Å²) in [5.41, 5.74) is 1.25. The lowest BCUT2D eigenvalue weighted by atomic mass is 9.77. The van der Waals surface area contributed by atoms with Crippen LogP contribution in [0.15, 0.2) is 18.2 Å². The number of hydrogen-bond donors (Lipinski definition) is 1. The molecule has 1 unspecified atom stereocenters. The van der Waals surface area contributed by atoms with E-state index < -0.39 is 0 Å². The third-order valence-corrected chi connectivity index (χ3v) is 4.15. The van der Waals surface area contributed by atoms with E-state index in [1.165, 1.54) is 20.0 Å². The Morgan fingerprint density at radius 1 is 1.35 bits per heavy atom. The van der Waals surface area contributed by atoms with Crippen LogP contribution in [0.5, 0.6) is 5.75 Å². The molecule has 0 radical (unpaired) electrons. The summed E-state index contributed by atoms with van der Waals surface area (Å²) < 4.78 is 18.8. The summed E-state index contributed by atoms with van der Waals surface area (Å²) >= 11 is 0. The maximum Gasteiger partial charge on any atom is 0.165 e. The van der Waals surface area contributed by atoms with Crippen LogP contribution in [-0.4, -0.2) is 19.7 Å². The fourth-order valence-electron chi connectivity index (χ4n) is 2.40. The minimum Gasteiger partial charge on any atom is -0.494 e. The molecule has 0 aliphatic heterocycles. The second-order valence-electron chi connectivity index (χ2n) is 6.92. The van der Waals surface area contributed by atoms with E-state index in [1.54, 1.807) is 12.1 Å². The largest absolute Gasteiger partial charge is 0.494 e. The summed E-state index contributed by atoms with van der Waals surface area (Å²) in [5.74, 6) is 0.542. The van der Waals surface area contributed by atoms with Crippen LogP contribution in [0.4, 0.5) is 4.39 Å². The molecule has 0 aromatic heterocycles. The van der Waals surface area contributed by atoms with Gasteiger partial charge in [-0.1, -0.05) is 26.8 Å². The van der Waals surface area contributed by atoms with Gasteiger partial charge in [-0.3, -0.25) is 0 Å². The van der Waals surface area contributed by atoms with Crippen molar-refractivity contribution in [2.45, 2.75) is 46.1 Å². The molecule has 3 heteroatoms. The summed E-state index contributed by atoms with van der Waals surface area (Å²) in [5, 5.41) is 3.60.